The molecule has 1 aliphatic rings. The van der Waals surface area contributed by atoms with Crippen LogP contribution in [0.4, 0.5) is 11.4 Å². The minimum atomic E-state index is -3.81. The van der Waals surface area contributed by atoms with Crippen molar-refractivity contribution in [3.63, 3.8) is 0 Å². The Hall–Kier alpha value is -2.53. The molecule has 0 aromatic heterocycles. The van der Waals surface area contributed by atoms with E-state index in [4.69, 9.17) is 4.74 Å². The fourth-order valence-electron chi connectivity index (χ4n) is 3.37. The van der Waals surface area contributed by atoms with Gasteiger partial charge in [0.15, 0.2) is 0 Å². The summed E-state index contributed by atoms with van der Waals surface area (Å²) in [6.07, 6.45) is 0. The maximum atomic E-state index is 12.8. The summed E-state index contributed by atoms with van der Waals surface area (Å²) in [5.74, 6) is 0. The number of hydrogen-bond acceptors (Lipinski definition) is 7. The van der Waals surface area contributed by atoms with Crippen molar-refractivity contribution in [1.82, 2.24) is 9.21 Å². The summed E-state index contributed by atoms with van der Waals surface area (Å²) in [6.45, 7) is 5.34. The van der Waals surface area contributed by atoms with E-state index < -0.39 is 14.9 Å². The van der Waals surface area contributed by atoms with E-state index in [9.17, 15) is 18.5 Å². The Morgan fingerprint density at radius 3 is 2.55 bits per heavy atom. The number of nitro benzene ring substituents is 1. The van der Waals surface area contributed by atoms with Crippen LogP contribution in [-0.4, -0.2) is 62.4 Å². The highest BCUT2D eigenvalue weighted by Crippen LogP contribution is 2.29. The van der Waals surface area contributed by atoms with Crippen LogP contribution in [0, 0.1) is 10.1 Å². The van der Waals surface area contributed by atoms with Crippen molar-refractivity contribution < 1.29 is 18.1 Å². The van der Waals surface area contributed by atoms with Crippen LogP contribution in [0.5, 0.6) is 0 Å². The Kier molecular flexibility index (Phi) is 7.60. The van der Waals surface area contributed by atoms with Crippen LogP contribution in [-0.2, 0) is 27.8 Å². The molecule has 0 bridgehead atoms. The largest absolute Gasteiger partial charge is 0.379 e. The number of hydrogen-bond donors (Lipinski definition) is 1. The van der Waals surface area contributed by atoms with Gasteiger partial charge in [-0.05, 0) is 36.9 Å². The number of benzene rings is 2. The predicted molar refractivity (Wildman–Crippen MR) is 118 cm³/mol. The number of rotatable bonds is 9. The van der Waals surface area contributed by atoms with Crippen LogP contribution in [0.1, 0.15) is 18.1 Å². The van der Waals surface area contributed by atoms with Crippen molar-refractivity contribution in [2.75, 3.05) is 45.2 Å². The predicted octanol–water partition coefficient (Wildman–Crippen LogP) is 2.68. The van der Waals surface area contributed by atoms with Gasteiger partial charge >= 0.3 is 0 Å². The van der Waals surface area contributed by atoms with Crippen molar-refractivity contribution in [2.45, 2.75) is 24.9 Å². The lowest BCUT2D eigenvalue weighted by molar-refractivity contribution is -0.384. The first-order chi connectivity index (χ1) is 14.8. The second kappa shape index (κ2) is 10.2. The lowest BCUT2D eigenvalue weighted by Crippen LogP contribution is -2.40. The third-order valence-electron chi connectivity index (χ3n) is 5.24. The van der Waals surface area contributed by atoms with E-state index in [1.54, 1.807) is 0 Å². The van der Waals surface area contributed by atoms with Gasteiger partial charge in [0, 0.05) is 32.2 Å². The molecule has 0 unspecified atom stereocenters. The molecular formula is C21H28N4O5S. The molecule has 1 saturated heterocycles. The van der Waals surface area contributed by atoms with Gasteiger partial charge in [-0.2, -0.15) is 4.31 Å². The second-order valence-electron chi connectivity index (χ2n) is 7.46. The Morgan fingerprint density at radius 1 is 1.16 bits per heavy atom. The van der Waals surface area contributed by atoms with Gasteiger partial charge in [-0.25, -0.2) is 8.42 Å². The van der Waals surface area contributed by atoms with Gasteiger partial charge in [-0.1, -0.05) is 31.2 Å². The summed E-state index contributed by atoms with van der Waals surface area (Å²) in [5, 5.41) is 14.7. The molecule has 0 spiro atoms. The highest BCUT2D eigenvalue weighted by molar-refractivity contribution is 7.89. The monoisotopic (exact) mass is 448 g/mol. The van der Waals surface area contributed by atoms with E-state index in [2.05, 4.69) is 23.2 Å². The minimum absolute atomic E-state index is 0.0868. The van der Waals surface area contributed by atoms with Crippen molar-refractivity contribution in [3.05, 3.63) is 63.7 Å². The number of nitrogens with zero attached hydrogens (tertiary/aromatic N) is 3. The molecule has 0 atom stereocenters. The van der Waals surface area contributed by atoms with Crippen LogP contribution in [0.25, 0.3) is 0 Å². The van der Waals surface area contributed by atoms with E-state index >= 15 is 0 Å². The van der Waals surface area contributed by atoms with Crippen molar-refractivity contribution >= 4 is 21.4 Å². The van der Waals surface area contributed by atoms with E-state index in [0.29, 0.717) is 19.8 Å². The molecule has 0 radical (unpaired) electrons. The van der Waals surface area contributed by atoms with Gasteiger partial charge in [0.25, 0.3) is 5.69 Å². The third kappa shape index (κ3) is 5.79. The SMILES string of the molecule is CCN(C)Cc1cccc(CNc2ccc(S(=O)(=O)N3CCOCC3)cc2[N+](=O)[O-])c1. The number of sulfonamides is 1. The molecule has 1 aliphatic heterocycles. The summed E-state index contributed by atoms with van der Waals surface area (Å²) < 4.78 is 32.1. The molecular weight excluding hydrogens is 420 g/mol. The maximum absolute atomic E-state index is 12.8. The Bertz CT molecular complexity index is 1020. The molecule has 2 aromatic rings. The van der Waals surface area contributed by atoms with Gasteiger partial charge in [-0.15, -0.1) is 0 Å². The first-order valence-corrected chi connectivity index (χ1v) is 11.6. The topological polar surface area (TPSA) is 105 Å². The van der Waals surface area contributed by atoms with E-state index in [1.807, 2.05) is 25.2 Å². The van der Waals surface area contributed by atoms with Gasteiger partial charge in [0.05, 0.1) is 23.0 Å². The molecule has 0 saturated carbocycles. The van der Waals surface area contributed by atoms with Crippen LogP contribution < -0.4 is 5.32 Å². The molecule has 10 heteroatoms. The number of nitro groups is 1. The molecule has 31 heavy (non-hydrogen) atoms. The molecule has 2 aromatic carbocycles. The normalized spacial score (nSPS) is 15.2. The van der Waals surface area contributed by atoms with E-state index in [0.717, 1.165) is 30.3 Å². The van der Waals surface area contributed by atoms with Crippen LogP contribution in [0.2, 0.25) is 0 Å². The average molecular weight is 449 g/mol. The summed E-state index contributed by atoms with van der Waals surface area (Å²) in [6, 6.07) is 12.0. The number of ether oxygens (including phenoxy) is 1. The fraction of sp³-hybridized carbons (Fsp3) is 0.429. The summed E-state index contributed by atoms with van der Waals surface area (Å²) in [4.78, 5) is 13.2. The zero-order valence-electron chi connectivity index (χ0n) is 17.8. The first-order valence-electron chi connectivity index (χ1n) is 10.2. The molecule has 1 heterocycles. The highest BCUT2D eigenvalue weighted by atomic mass is 32.2. The van der Waals surface area contributed by atoms with Crippen molar-refractivity contribution in [2.24, 2.45) is 0 Å². The fourth-order valence-corrected chi connectivity index (χ4v) is 4.80. The smallest absolute Gasteiger partial charge is 0.293 e. The molecule has 3 rings (SSSR count). The van der Waals surface area contributed by atoms with Gasteiger partial charge in [-0.3, -0.25) is 10.1 Å². The standard InChI is InChI=1S/C21H28N4O5S/c1-3-23(2)16-18-6-4-5-17(13-18)15-22-20-8-7-19(14-21(20)25(26)27)31(28,29)24-9-11-30-12-10-24/h4-8,13-14,22H,3,9-12,15-16H2,1-2H3. The van der Waals surface area contributed by atoms with E-state index in [-0.39, 0.29) is 29.4 Å². The molecule has 9 nitrogen and oxygen atoms in total. The Balaban J connectivity index is 1.78. The molecule has 0 aliphatic carbocycles. The quantitative estimate of drug-likeness (QED) is 0.464. The van der Waals surface area contributed by atoms with Crippen molar-refractivity contribution in [1.29, 1.82) is 0 Å². The number of morpholine rings is 1. The summed E-state index contributed by atoms with van der Waals surface area (Å²) in [5.41, 5.74) is 2.16. The van der Waals surface area contributed by atoms with Gasteiger partial charge < -0.3 is 15.0 Å². The van der Waals surface area contributed by atoms with E-state index in [1.165, 1.54) is 16.4 Å². The van der Waals surface area contributed by atoms with Gasteiger partial charge in [0.1, 0.15) is 5.69 Å². The molecule has 168 valence electrons. The average Bonchev–Trinajstić information content (AvgIpc) is 2.78. The van der Waals surface area contributed by atoms with Crippen LogP contribution >= 0.6 is 0 Å². The molecule has 1 fully saturated rings. The summed E-state index contributed by atoms with van der Waals surface area (Å²) >= 11 is 0. The van der Waals surface area contributed by atoms with Crippen LogP contribution in [0.3, 0.4) is 0 Å². The Morgan fingerprint density at radius 2 is 1.87 bits per heavy atom. The Labute approximate surface area is 182 Å². The second-order valence-corrected chi connectivity index (χ2v) is 9.39. The lowest BCUT2D eigenvalue weighted by Gasteiger charge is -2.26. The molecule has 1 N–H and O–H groups in total. The highest BCUT2D eigenvalue weighted by Gasteiger charge is 2.28. The van der Waals surface area contributed by atoms with Crippen LogP contribution in [0.15, 0.2) is 47.4 Å². The van der Waals surface area contributed by atoms with Crippen molar-refractivity contribution in [3.8, 4) is 0 Å². The number of anilines is 1. The number of nitrogens with one attached hydrogen (secondary N) is 1. The molecule has 0 amide bonds. The zero-order chi connectivity index (χ0) is 22.4. The lowest BCUT2D eigenvalue weighted by atomic mass is 10.1. The zero-order valence-corrected chi connectivity index (χ0v) is 18.6. The van der Waals surface area contributed by atoms with Gasteiger partial charge in [0.2, 0.25) is 10.0 Å². The maximum Gasteiger partial charge on any atom is 0.293 e. The third-order valence-corrected chi connectivity index (χ3v) is 7.14. The minimum Gasteiger partial charge on any atom is -0.379 e. The first kappa shape index (κ1) is 23.1. The summed E-state index contributed by atoms with van der Waals surface area (Å²) in [7, 11) is -1.76.